The molecule has 0 unspecified atom stereocenters. The molecule has 0 heterocycles. The minimum atomic E-state index is -0.421. The van der Waals surface area contributed by atoms with E-state index in [-0.39, 0.29) is 11.8 Å². The van der Waals surface area contributed by atoms with Crippen molar-refractivity contribution in [1.29, 1.82) is 0 Å². The molecule has 0 saturated heterocycles. The number of anilines is 1. The van der Waals surface area contributed by atoms with Crippen LogP contribution in [0.5, 0.6) is 0 Å². The van der Waals surface area contributed by atoms with Crippen molar-refractivity contribution in [2.24, 2.45) is 5.92 Å². The van der Waals surface area contributed by atoms with Crippen LogP contribution in [0.1, 0.15) is 33.6 Å². The molecule has 1 aromatic carbocycles. The highest BCUT2D eigenvalue weighted by molar-refractivity contribution is 9.10. The summed E-state index contributed by atoms with van der Waals surface area (Å²) in [5, 5.41) is 5.48. The van der Waals surface area contributed by atoms with E-state index in [4.69, 9.17) is 0 Å². The van der Waals surface area contributed by atoms with Gasteiger partial charge in [0.2, 0.25) is 0 Å². The second-order valence-corrected chi connectivity index (χ2v) is 6.02. The lowest BCUT2D eigenvalue weighted by atomic mass is 9.99. The van der Waals surface area contributed by atoms with Crippen LogP contribution in [0.4, 0.5) is 10.5 Å². The Kier molecular flexibility index (Phi) is 6.71. The molecule has 0 spiro atoms. The third kappa shape index (κ3) is 5.74. The monoisotopic (exact) mass is 340 g/mol. The lowest BCUT2D eigenvalue weighted by Crippen LogP contribution is -2.43. The summed E-state index contributed by atoms with van der Waals surface area (Å²) >= 11 is 3.33. The van der Waals surface area contributed by atoms with Crippen LogP contribution in [0.3, 0.4) is 0 Å². The summed E-state index contributed by atoms with van der Waals surface area (Å²) in [4.78, 5) is 23.8. The van der Waals surface area contributed by atoms with E-state index >= 15 is 0 Å². The normalized spacial score (nSPS) is 12.1. The number of halogens is 1. The predicted molar refractivity (Wildman–Crippen MR) is 84.8 cm³/mol. The Hall–Kier alpha value is -1.36. The van der Waals surface area contributed by atoms with Crippen LogP contribution in [0.25, 0.3) is 0 Å². The molecule has 1 rings (SSSR count). The maximum atomic E-state index is 11.9. The summed E-state index contributed by atoms with van der Waals surface area (Å²) in [6.07, 6.45) is 1.08. The van der Waals surface area contributed by atoms with Gasteiger partial charge < -0.3 is 10.6 Å². The second kappa shape index (κ2) is 8.04. The van der Waals surface area contributed by atoms with Crippen molar-refractivity contribution in [2.45, 2.75) is 39.7 Å². The molecule has 0 aliphatic rings. The largest absolute Gasteiger partial charge is 0.328 e. The van der Waals surface area contributed by atoms with E-state index in [1.165, 1.54) is 0 Å². The summed E-state index contributed by atoms with van der Waals surface area (Å²) in [5.74, 6) is 0.410. The van der Waals surface area contributed by atoms with E-state index in [9.17, 15) is 9.59 Å². The minimum Gasteiger partial charge on any atom is -0.328 e. The zero-order valence-corrected chi connectivity index (χ0v) is 13.7. The predicted octanol–water partition coefficient (Wildman–Crippen LogP) is 3.96. The van der Waals surface area contributed by atoms with Gasteiger partial charge in [-0.1, -0.05) is 36.7 Å². The number of nitrogens with one attached hydrogen (secondary N) is 2. The molecule has 20 heavy (non-hydrogen) atoms. The van der Waals surface area contributed by atoms with Gasteiger partial charge in [0, 0.05) is 16.6 Å². The number of rotatable bonds is 6. The van der Waals surface area contributed by atoms with Crippen LogP contribution in [0, 0.1) is 5.92 Å². The van der Waals surface area contributed by atoms with Crippen LogP contribution < -0.4 is 10.6 Å². The van der Waals surface area contributed by atoms with Crippen molar-refractivity contribution in [1.82, 2.24) is 5.32 Å². The molecule has 0 aromatic heterocycles. The average molecular weight is 341 g/mol. The fraction of sp³-hybridized carbons (Fsp3) is 0.467. The first-order chi connectivity index (χ1) is 9.42. The molecule has 1 atom stereocenters. The molecule has 1 aromatic rings. The number of hydrogen-bond donors (Lipinski definition) is 2. The standard InChI is InChI=1S/C15H21BrN2O2/c1-4-14(19)13(9-10(2)3)18-15(20)17-12-7-5-11(16)6-8-12/h5-8,10,13H,4,9H2,1-3H3,(H2,17,18,20)/t13-/m0/s1. The van der Waals surface area contributed by atoms with E-state index in [2.05, 4.69) is 26.6 Å². The van der Waals surface area contributed by atoms with Crippen molar-refractivity contribution in [3.05, 3.63) is 28.7 Å². The molecule has 0 radical (unpaired) electrons. The number of amides is 2. The van der Waals surface area contributed by atoms with Crippen molar-refractivity contribution in [3.8, 4) is 0 Å². The van der Waals surface area contributed by atoms with E-state index in [0.29, 0.717) is 24.4 Å². The Morgan fingerprint density at radius 3 is 2.30 bits per heavy atom. The first-order valence-corrected chi connectivity index (χ1v) is 7.57. The Balaban J connectivity index is 2.61. The molecule has 0 saturated carbocycles. The molecular weight excluding hydrogens is 320 g/mol. The third-order valence-electron chi connectivity index (χ3n) is 2.85. The summed E-state index contributed by atoms with van der Waals surface area (Å²) < 4.78 is 0.947. The number of carbonyl (C=O) groups excluding carboxylic acids is 2. The van der Waals surface area contributed by atoms with Crippen molar-refractivity contribution in [2.75, 3.05) is 5.32 Å². The fourth-order valence-corrected chi connectivity index (χ4v) is 2.11. The van der Waals surface area contributed by atoms with Gasteiger partial charge in [0.25, 0.3) is 0 Å². The Bertz CT molecular complexity index is 457. The molecule has 4 nitrogen and oxygen atoms in total. The van der Waals surface area contributed by atoms with Gasteiger partial charge in [-0.25, -0.2) is 4.79 Å². The van der Waals surface area contributed by atoms with Gasteiger partial charge in [-0.2, -0.15) is 0 Å². The van der Waals surface area contributed by atoms with Crippen molar-refractivity contribution >= 4 is 33.4 Å². The second-order valence-electron chi connectivity index (χ2n) is 5.11. The highest BCUT2D eigenvalue weighted by Crippen LogP contribution is 2.14. The molecule has 0 aliphatic carbocycles. The van der Waals surface area contributed by atoms with Crippen molar-refractivity contribution < 1.29 is 9.59 Å². The minimum absolute atomic E-state index is 0.0599. The Labute approximate surface area is 128 Å². The van der Waals surface area contributed by atoms with E-state index in [0.717, 1.165) is 4.47 Å². The summed E-state index contributed by atoms with van der Waals surface area (Å²) in [6, 6.07) is 6.51. The van der Waals surface area contributed by atoms with Gasteiger partial charge in [0.1, 0.15) is 0 Å². The molecule has 2 amide bonds. The smallest absolute Gasteiger partial charge is 0.319 e. The number of Topliss-reactive ketones (excluding diaryl/α,β-unsaturated/α-hetero) is 1. The number of ketones is 1. The van der Waals surface area contributed by atoms with Crippen LogP contribution in [0.15, 0.2) is 28.7 Å². The van der Waals surface area contributed by atoms with Gasteiger partial charge >= 0.3 is 6.03 Å². The van der Waals surface area contributed by atoms with Gasteiger partial charge in [-0.3, -0.25) is 4.79 Å². The third-order valence-corrected chi connectivity index (χ3v) is 3.38. The number of benzene rings is 1. The van der Waals surface area contributed by atoms with Gasteiger partial charge in [-0.05, 0) is 36.6 Å². The fourth-order valence-electron chi connectivity index (χ4n) is 1.85. The zero-order valence-electron chi connectivity index (χ0n) is 12.1. The first-order valence-electron chi connectivity index (χ1n) is 6.78. The van der Waals surface area contributed by atoms with Crippen molar-refractivity contribution in [3.63, 3.8) is 0 Å². The summed E-state index contributed by atoms with van der Waals surface area (Å²) in [6.45, 7) is 5.87. The maximum Gasteiger partial charge on any atom is 0.319 e. The van der Waals surface area contributed by atoms with E-state index in [1.54, 1.807) is 12.1 Å². The molecule has 0 aliphatic heterocycles. The van der Waals surface area contributed by atoms with Gasteiger partial charge in [0.05, 0.1) is 6.04 Å². The van der Waals surface area contributed by atoms with E-state index in [1.807, 2.05) is 32.9 Å². The molecular formula is C15H21BrN2O2. The maximum absolute atomic E-state index is 11.9. The molecule has 0 fully saturated rings. The number of urea groups is 1. The molecule has 2 N–H and O–H groups in total. The number of carbonyl (C=O) groups is 2. The average Bonchev–Trinajstić information content (AvgIpc) is 2.39. The lowest BCUT2D eigenvalue weighted by molar-refractivity contribution is -0.120. The highest BCUT2D eigenvalue weighted by Gasteiger charge is 2.20. The quantitative estimate of drug-likeness (QED) is 0.823. The molecule has 0 bridgehead atoms. The number of hydrogen-bond acceptors (Lipinski definition) is 2. The van der Waals surface area contributed by atoms with Crippen LogP contribution in [-0.4, -0.2) is 17.9 Å². The first kappa shape index (κ1) is 16.7. The summed E-state index contributed by atoms with van der Waals surface area (Å²) in [5.41, 5.74) is 0.693. The Morgan fingerprint density at radius 2 is 1.80 bits per heavy atom. The zero-order chi connectivity index (χ0) is 15.1. The van der Waals surface area contributed by atoms with Crippen LogP contribution >= 0.6 is 15.9 Å². The topological polar surface area (TPSA) is 58.2 Å². The Morgan fingerprint density at radius 1 is 1.20 bits per heavy atom. The van der Waals surface area contributed by atoms with Gasteiger partial charge in [0.15, 0.2) is 5.78 Å². The molecule has 5 heteroatoms. The summed E-state index contributed by atoms with van der Waals surface area (Å²) in [7, 11) is 0. The lowest BCUT2D eigenvalue weighted by Gasteiger charge is -2.19. The van der Waals surface area contributed by atoms with Gasteiger partial charge in [-0.15, -0.1) is 0 Å². The molecule has 110 valence electrons. The van der Waals surface area contributed by atoms with E-state index < -0.39 is 6.04 Å². The highest BCUT2D eigenvalue weighted by atomic mass is 79.9. The van der Waals surface area contributed by atoms with Crippen LogP contribution in [-0.2, 0) is 4.79 Å². The van der Waals surface area contributed by atoms with Crippen LogP contribution in [0.2, 0.25) is 0 Å². The SMILES string of the molecule is CCC(=O)[C@H](CC(C)C)NC(=O)Nc1ccc(Br)cc1.